The van der Waals surface area contributed by atoms with Crippen molar-refractivity contribution in [3.05, 3.63) is 23.5 Å². The Balaban J connectivity index is 4.55. The lowest BCUT2D eigenvalue weighted by Crippen LogP contribution is -1.97. The first kappa shape index (κ1) is 17.4. The van der Waals surface area contributed by atoms with Crippen LogP contribution in [0.2, 0.25) is 0 Å². The Bertz CT molecular complexity index is 326. The van der Waals surface area contributed by atoms with Crippen molar-refractivity contribution in [1.29, 1.82) is 0 Å². The molecule has 0 saturated carbocycles. The fraction of sp³-hybridized carbons (Fsp3) is 0.692. The van der Waals surface area contributed by atoms with Crippen molar-refractivity contribution >= 4 is 7.82 Å². The first-order valence-electron chi connectivity index (χ1n) is 6.27. The molecule has 0 radical (unpaired) electrons. The van der Waals surface area contributed by atoms with E-state index in [0.29, 0.717) is 5.76 Å². The molecule has 0 aromatic carbocycles. The van der Waals surface area contributed by atoms with Gasteiger partial charge in [-0.2, -0.15) is 0 Å². The molecule has 5 heteroatoms. The van der Waals surface area contributed by atoms with Crippen LogP contribution in [0.15, 0.2) is 23.5 Å². The quantitative estimate of drug-likeness (QED) is 0.262. The van der Waals surface area contributed by atoms with E-state index in [2.05, 4.69) is 13.0 Å². The fourth-order valence-electron chi connectivity index (χ4n) is 1.44. The van der Waals surface area contributed by atoms with Gasteiger partial charge in [0.15, 0.2) is 0 Å². The average Bonchev–Trinajstić information content (AvgIpc) is 2.40. The van der Waals surface area contributed by atoms with E-state index in [4.69, 9.17) is 13.6 Å². The highest BCUT2D eigenvalue weighted by molar-refractivity contribution is 7.48. The van der Waals surface area contributed by atoms with Gasteiger partial charge in [0, 0.05) is 14.2 Å². The van der Waals surface area contributed by atoms with E-state index in [-0.39, 0.29) is 0 Å². The van der Waals surface area contributed by atoms with E-state index in [0.717, 1.165) is 18.4 Å². The molecule has 0 aliphatic carbocycles. The molecule has 18 heavy (non-hydrogen) atoms. The molecule has 0 amide bonds. The SMILES string of the molecule is CC=C(OP(=O)(OC)OC)C(C)=CCCCCC. The second kappa shape index (κ2) is 9.37. The normalized spacial score (nSPS) is 13.8. The highest BCUT2D eigenvalue weighted by atomic mass is 31.2. The minimum atomic E-state index is -3.46. The van der Waals surface area contributed by atoms with E-state index in [1.165, 1.54) is 27.1 Å². The van der Waals surface area contributed by atoms with Crippen LogP contribution in [0.3, 0.4) is 0 Å². The molecule has 0 spiro atoms. The summed E-state index contributed by atoms with van der Waals surface area (Å²) in [4.78, 5) is 0. The zero-order chi connectivity index (χ0) is 14.0. The molecule has 0 fully saturated rings. The minimum Gasteiger partial charge on any atom is -0.404 e. The van der Waals surface area contributed by atoms with Crippen molar-refractivity contribution in [2.75, 3.05) is 14.2 Å². The summed E-state index contributed by atoms with van der Waals surface area (Å²) in [6.45, 7) is 5.93. The van der Waals surface area contributed by atoms with Crippen molar-refractivity contribution in [1.82, 2.24) is 0 Å². The number of phosphoric ester groups is 1. The zero-order valence-corrected chi connectivity index (χ0v) is 13.0. The molecule has 0 bridgehead atoms. The summed E-state index contributed by atoms with van der Waals surface area (Å²) in [5.74, 6) is 0.540. The molecule has 0 aliphatic rings. The molecule has 0 unspecified atom stereocenters. The van der Waals surface area contributed by atoms with E-state index in [9.17, 15) is 4.57 Å². The molecule has 0 atom stereocenters. The Morgan fingerprint density at radius 1 is 1.22 bits per heavy atom. The van der Waals surface area contributed by atoms with Crippen LogP contribution in [0.1, 0.15) is 46.5 Å². The Labute approximate surface area is 111 Å². The van der Waals surface area contributed by atoms with Crippen LogP contribution in [0, 0.1) is 0 Å². The molecule has 0 heterocycles. The molecule has 0 aromatic rings. The van der Waals surface area contributed by atoms with Crippen molar-refractivity contribution in [3.8, 4) is 0 Å². The number of unbranched alkanes of at least 4 members (excludes halogenated alkanes) is 3. The first-order chi connectivity index (χ1) is 8.52. The largest absolute Gasteiger partial charge is 0.529 e. The topological polar surface area (TPSA) is 44.8 Å². The summed E-state index contributed by atoms with van der Waals surface area (Å²) < 4.78 is 26.7. The lowest BCUT2D eigenvalue weighted by molar-refractivity contribution is 0.185. The van der Waals surface area contributed by atoms with Gasteiger partial charge < -0.3 is 4.52 Å². The zero-order valence-electron chi connectivity index (χ0n) is 12.1. The third-order valence-corrected chi connectivity index (χ3v) is 3.88. The van der Waals surface area contributed by atoms with Gasteiger partial charge in [-0.05, 0) is 38.3 Å². The van der Waals surface area contributed by atoms with Gasteiger partial charge in [-0.3, -0.25) is 9.05 Å². The lowest BCUT2D eigenvalue weighted by atomic mass is 10.1. The van der Waals surface area contributed by atoms with Gasteiger partial charge in [-0.25, -0.2) is 4.57 Å². The minimum absolute atomic E-state index is 0.540. The third kappa shape index (κ3) is 6.39. The molecule has 4 nitrogen and oxygen atoms in total. The Morgan fingerprint density at radius 3 is 2.28 bits per heavy atom. The number of hydrogen-bond donors (Lipinski definition) is 0. The third-order valence-electron chi connectivity index (χ3n) is 2.57. The number of phosphoric acid groups is 1. The summed E-state index contributed by atoms with van der Waals surface area (Å²) in [6, 6.07) is 0. The van der Waals surface area contributed by atoms with Crippen LogP contribution >= 0.6 is 7.82 Å². The smallest absolute Gasteiger partial charge is 0.404 e. The molecule has 0 rings (SSSR count). The maximum atomic E-state index is 11.9. The monoisotopic (exact) mass is 276 g/mol. The van der Waals surface area contributed by atoms with E-state index in [1.54, 1.807) is 6.08 Å². The van der Waals surface area contributed by atoms with Crippen molar-refractivity contribution in [3.63, 3.8) is 0 Å². The van der Waals surface area contributed by atoms with Crippen LogP contribution in [0.5, 0.6) is 0 Å². The summed E-state index contributed by atoms with van der Waals surface area (Å²) >= 11 is 0. The van der Waals surface area contributed by atoms with Crippen LogP contribution in [-0.4, -0.2) is 14.2 Å². The van der Waals surface area contributed by atoms with Gasteiger partial charge in [0.25, 0.3) is 0 Å². The molecule has 0 aromatic heterocycles. The van der Waals surface area contributed by atoms with Gasteiger partial charge in [0.2, 0.25) is 0 Å². The van der Waals surface area contributed by atoms with Crippen LogP contribution in [0.25, 0.3) is 0 Å². The van der Waals surface area contributed by atoms with E-state index < -0.39 is 7.82 Å². The number of rotatable bonds is 9. The van der Waals surface area contributed by atoms with E-state index in [1.807, 2.05) is 13.8 Å². The van der Waals surface area contributed by atoms with Crippen molar-refractivity contribution < 1.29 is 18.1 Å². The maximum Gasteiger partial charge on any atom is 0.529 e. The summed E-state index contributed by atoms with van der Waals surface area (Å²) in [7, 11) is -0.855. The number of hydrogen-bond acceptors (Lipinski definition) is 4. The van der Waals surface area contributed by atoms with Gasteiger partial charge in [0.05, 0.1) is 0 Å². The summed E-state index contributed by atoms with van der Waals surface area (Å²) in [5, 5.41) is 0. The maximum absolute atomic E-state index is 11.9. The van der Waals surface area contributed by atoms with E-state index >= 15 is 0 Å². The Hall–Kier alpha value is -0.570. The van der Waals surface area contributed by atoms with Crippen LogP contribution in [-0.2, 0) is 18.1 Å². The van der Waals surface area contributed by atoms with Gasteiger partial charge in [0.1, 0.15) is 5.76 Å². The number of allylic oxidation sites excluding steroid dienone is 3. The summed E-state index contributed by atoms with van der Waals surface area (Å²) in [5.41, 5.74) is 0.947. The molecular formula is C13H25O4P. The Morgan fingerprint density at radius 2 is 1.83 bits per heavy atom. The highest BCUT2D eigenvalue weighted by Crippen LogP contribution is 2.50. The standard InChI is InChI=1S/C13H25O4P/c1-6-8-9-10-11-12(3)13(7-2)17-18(14,15-4)16-5/h7,11H,6,8-10H2,1-5H3. The predicted octanol–water partition coefficient (Wildman–Crippen LogP) is 4.83. The van der Waals surface area contributed by atoms with Gasteiger partial charge in [-0.15, -0.1) is 0 Å². The molecule has 0 saturated heterocycles. The van der Waals surface area contributed by atoms with Crippen molar-refractivity contribution in [2.24, 2.45) is 0 Å². The molecule has 106 valence electrons. The first-order valence-corrected chi connectivity index (χ1v) is 7.73. The van der Waals surface area contributed by atoms with Gasteiger partial charge >= 0.3 is 7.82 Å². The molecule has 0 N–H and O–H groups in total. The second-order valence-corrected chi connectivity index (χ2v) is 5.75. The lowest BCUT2D eigenvalue weighted by Gasteiger charge is -2.17. The second-order valence-electron chi connectivity index (χ2n) is 3.94. The Kier molecular flexibility index (Phi) is 9.08. The molecular weight excluding hydrogens is 251 g/mol. The summed E-state index contributed by atoms with van der Waals surface area (Å²) in [6.07, 6.45) is 8.39. The highest BCUT2D eigenvalue weighted by Gasteiger charge is 2.25. The van der Waals surface area contributed by atoms with Crippen LogP contribution in [0.4, 0.5) is 0 Å². The van der Waals surface area contributed by atoms with Gasteiger partial charge in [-0.1, -0.05) is 25.8 Å². The predicted molar refractivity (Wildman–Crippen MR) is 74.4 cm³/mol. The van der Waals surface area contributed by atoms with Crippen LogP contribution < -0.4 is 0 Å². The fourth-order valence-corrected chi connectivity index (χ4v) is 2.22. The molecule has 0 aliphatic heterocycles. The average molecular weight is 276 g/mol. The van der Waals surface area contributed by atoms with Crippen molar-refractivity contribution in [2.45, 2.75) is 46.5 Å².